The molecule has 0 unspecified atom stereocenters. The molecule has 5 heteroatoms. The average Bonchev–Trinajstić information content (AvgIpc) is 3.40. The van der Waals surface area contributed by atoms with Gasteiger partial charge >= 0.3 is 0 Å². The lowest BCUT2D eigenvalue weighted by atomic mass is 10.4. The highest BCUT2D eigenvalue weighted by Gasteiger charge is 2.21. The molecular formula is C60H53P5. The van der Waals surface area contributed by atoms with E-state index in [0.29, 0.717) is 0 Å². The van der Waals surface area contributed by atoms with Crippen LogP contribution in [0.1, 0.15) is 0 Å². The second-order valence-electron chi connectivity index (χ2n) is 15.2. The van der Waals surface area contributed by atoms with Crippen LogP contribution in [0.25, 0.3) is 0 Å². The molecule has 0 aliphatic carbocycles. The van der Waals surface area contributed by atoms with Gasteiger partial charge in [0.15, 0.2) is 0 Å². The maximum Gasteiger partial charge on any atom is 0.0348 e. The van der Waals surface area contributed by atoms with Gasteiger partial charge in [0, 0.05) is 15.8 Å². The Kier molecular flexibility index (Phi) is 18.1. The molecule has 0 nitrogen and oxygen atoms in total. The van der Waals surface area contributed by atoms with Crippen molar-refractivity contribution >= 4 is 87.3 Å². The van der Waals surface area contributed by atoms with Crippen molar-refractivity contribution < 1.29 is 0 Å². The van der Waals surface area contributed by atoms with E-state index in [2.05, 4.69) is 284 Å². The molecule has 0 bridgehead atoms. The molecule has 0 radical (unpaired) electrons. The van der Waals surface area contributed by atoms with Gasteiger partial charge in [-0.2, -0.15) is 0 Å². The summed E-state index contributed by atoms with van der Waals surface area (Å²) in [5.74, 6) is 0. The van der Waals surface area contributed by atoms with Crippen molar-refractivity contribution in [2.75, 3.05) is 24.6 Å². The van der Waals surface area contributed by atoms with Crippen molar-refractivity contribution in [2.24, 2.45) is 0 Å². The van der Waals surface area contributed by atoms with Crippen molar-refractivity contribution in [3.8, 4) is 11.3 Å². The van der Waals surface area contributed by atoms with E-state index >= 15 is 0 Å². The van der Waals surface area contributed by atoms with Crippen LogP contribution in [0.2, 0.25) is 0 Å². The lowest BCUT2D eigenvalue weighted by Crippen LogP contribution is -2.19. The number of rotatable bonds is 15. The first kappa shape index (κ1) is 46.2. The van der Waals surface area contributed by atoms with Crippen LogP contribution in [0.4, 0.5) is 0 Å². The molecule has 0 saturated carbocycles. The molecule has 0 aromatic heterocycles. The van der Waals surface area contributed by atoms with E-state index in [0.717, 1.165) is 0 Å². The van der Waals surface area contributed by atoms with Crippen LogP contribution < -0.4 is 47.7 Å². The Labute approximate surface area is 394 Å². The van der Waals surface area contributed by atoms with Gasteiger partial charge in [-0.05, 0) is 88.2 Å². The third-order valence-electron chi connectivity index (χ3n) is 10.9. The summed E-state index contributed by atoms with van der Waals surface area (Å²) in [7, 11) is -2.40. The quantitative estimate of drug-likeness (QED) is 0.0710. The summed E-state index contributed by atoms with van der Waals surface area (Å²) in [5.41, 5.74) is 7.39. The largest absolute Gasteiger partial charge is 0.0746 e. The van der Waals surface area contributed by atoms with Crippen LogP contribution in [-0.4, -0.2) is 24.6 Å². The number of benzene rings is 9. The maximum absolute atomic E-state index is 3.69. The topological polar surface area (TPSA) is 0 Å². The van der Waals surface area contributed by atoms with Gasteiger partial charge in [0.05, 0.1) is 0 Å². The molecule has 0 spiro atoms. The lowest BCUT2D eigenvalue weighted by molar-refractivity contribution is 1.43. The van der Waals surface area contributed by atoms with Crippen LogP contribution in [0.5, 0.6) is 0 Å². The first-order chi connectivity index (χ1) is 32.3. The second-order valence-corrected chi connectivity index (χ2v) is 26.2. The molecule has 0 amide bonds. The third kappa shape index (κ3) is 13.6. The molecule has 0 saturated heterocycles. The van der Waals surface area contributed by atoms with E-state index in [9.17, 15) is 0 Å². The molecule has 318 valence electrons. The predicted octanol–water partition coefficient (Wildman–Crippen LogP) is 12.2. The lowest BCUT2D eigenvalue weighted by Gasteiger charge is -2.26. The number of hydrogen-bond acceptors (Lipinski definition) is 0. The van der Waals surface area contributed by atoms with E-state index < -0.39 is 15.8 Å². The fraction of sp³-hybridized carbons (Fsp3) is 0.0667. The normalized spacial score (nSPS) is 11.0. The molecule has 0 aliphatic heterocycles. The maximum atomic E-state index is 3.69. The minimum absolute atomic E-state index is 0.250. The summed E-state index contributed by atoms with van der Waals surface area (Å²) >= 11 is 0. The van der Waals surface area contributed by atoms with E-state index in [1.807, 2.05) is 0 Å². The molecule has 9 aromatic rings. The SMILES string of the molecule is C(#CP(c1ccccc1)c1ccccc1)P(c1ccccc1)c1ccccc1.c1ccc(P(CCP(c2ccccc2)c2ccccc2)CCP(c2ccccc2)c2ccccc2)cc1. The van der Waals surface area contributed by atoms with Crippen molar-refractivity contribution in [3.63, 3.8) is 0 Å². The predicted molar refractivity (Wildman–Crippen MR) is 297 cm³/mol. The number of hydrogen-bond donors (Lipinski definition) is 0. The van der Waals surface area contributed by atoms with Crippen LogP contribution in [0.15, 0.2) is 273 Å². The molecule has 0 aliphatic rings. The van der Waals surface area contributed by atoms with Gasteiger partial charge in [-0.15, -0.1) is 0 Å². The Hall–Kier alpha value is -5.31. The summed E-state index contributed by atoms with van der Waals surface area (Å²) in [5, 5.41) is 12.7. The zero-order valence-electron chi connectivity index (χ0n) is 36.5. The van der Waals surface area contributed by atoms with E-state index in [4.69, 9.17) is 0 Å². The minimum Gasteiger partial charge on any atom is -0.0746 e. The van der Waals surface area contributed by atoms with E-state index in [-0.39, 0.29) is 23.8 Å². The summed E-state index contributed by atoms with van der Waals surface area (Å²) in [4.78, 5) is 0. The van der Waals surface area contributed by atoms with Crippen molar-refractivity contribution in [1.82, 2.24) is 0 Å². The molecular weight excluding hydrogens is 876 g/mol. The van der Waals surface area contributed by atoms with Crippen LogP contribution >= 0.6 is 39.6 Å². The Bertz CT molecular complexity index is 2420. The summed E-state index contributed by atoms with van der Waals surface area (Å²) in [6, 6.07) is 98.7. The molecule has 0 fully saturated rings. The highest BCUT2D eigenvalue weighted by atomic mass is 31.1. The molecule has 65 heavy (non-hydrogen) atoms. The van der Waals surface area contributed by atoms with Gasteiger partial charge in [0.25, 0.3) is 0 Å². The fourth-order valence-electron chi connectivity index (χ4n) is 7.66. The van der Waals surface area contributed by atoms with Gasteiger partial charge in [-0.3, -0.25) is 0 Å². The molecule has 0 atom stereocenters. The Morgan fingerprint density at radius 2 is 0.385 bits per heavy atom. The van der Waals surface area contributed by atoms with Crippen molar-refractivity contribution in [1.29, 1.82) is 0 Å². The molecule has 9 rings (SSSR count). The van der Waals surface area contributed by atoms with Gasteiger partial charge in [-0.25, -0.2) is 0 Å². The van der Waals surface area contributed by atoms with Crippen LogP contribution in [0, 0.1) is 11.3 Å². The van der Waals surface area contributed by atoms with Crippen molar-refractivity contribution in [2.45, 2.75) is 0 Å². The highest BCUT2D eigenvalue weighted by molar-refractivity contribution is 7.81. The summed E-state index contributed by atoms with van der Waals surface area (Å²) in [6.45, 7) is 0. The standard InChI is InChI=1S/C34H33P3.C26H20P2/c1-6-16-30(17-7-1)35(26-28-36(31-18-8-2-9-19-31)32-20-10-3-11-21-32)27-29-37(33-22-12-4-13-23-33)34-24-14-5-15-25-34;1-5-13-23(14-6-1)27(24-15-7-2-8-16-24)21-22-28(25-17-9-3-10-18-25)26-19-11-4-12-20-26/h1-25H,26-29H2;1-20H. The van der Waals surface area contributed by atoms with Gasteiger partial charge in [0.2, 0.25) is 0 Å². The Morgan fingerprint density at radius 3 is 0.600 bits per heavy atom. The van der Waals surface area contributed by atoms with Crippen molar-refractivity contribution in [3.05, 3.63) is 273 Å². The summed E-state index contributed by atoms with van der Waals surface area (Å²) in [6.07, 6.45) is 5.00. The van der Waals surface area contributed by atoms with Gasteiger partial charge < -0.3 is 0 Å². The average molecular weight is 929 g/mol. The molecule has 0 heterocycles. The smallest absolute Gasteiger partial charge is 0.0348 e. The van der Waals surface area contributed by atoms with E-state index in [1.54, 1.807) is 5.30 Å². The van der Waals surface area contributed by atoms with Crippen LogP contribution in [0.3, 0.4) is 0 Å². The second kappa shape index (κ2) is 25.4. The third-order valence-corrected chi connectivity index (χ3v) is 23.3. The first-order valence-corrected chi connectivity index (χ1v) is 29.6. The summed E-state index contributed by atoms with van der Waals surface area (Å²) < 4.78 is 0. The highest BCUT2D eigenvalue weighted by Crippen LogP contribution is 2.45. The van der Waals surface area contributed by atoms with E-state index in [1.165, 1.54) is 67.1 Å². The molecule has 9 aromatic carbocycles. The van der Waals surface area contributed by atoms with Gasteiger partial charge in [0.1, 0.15) is 0 Å². The fourth-order valence-corrected chi connectivity index (χ4v) is 20.1. The monoisotopic (exact) mass is 928 g/mol. The molecule has 0 N–H and O–H groups in total. The minimum atomic E-state index is -0.709. The zero-order valence-corrected chi connectivity index (χ0v) is 41.0. The Balaban J connectivity index is 0.000000184. The Morgan fingerprint density at radius 1 is 0.200 bits per heavy atom. The van der Waals surface area contributed by atoms with Crippen LogP contribution in [-0.2, 0) is 0 Å². The van der Waals surface area contributed by atoms with Gasteiger partial charge in [-0.1, -0.05) is 292 Å². The first-order valence-electron chi connectivity index (χ1n) is 22.2. The zero-order chi connectivity index (χ0) is 44.1.